The zero-order valence-corrected chi connectivity index (χ0v) is 21.1. The number of pyridine rings is 1. The summed E-state index contributed by atoms with van der Waals surface area (Å²) in [6.07, 6.45) is 7.96. The second kappa shape index (κ2) is 10.8. The van der Waals surface area contributed by atoms with E-state index in [0.29, 0.717) is 47.7 Å². The Morgan fingerprint density at radius 1 is 1.34 bits per heavy atom. The van der Waals surface area contributed by atoms with Gasteiger partial charge in [0.15, 0.2) is 11.6 Å². The minimum atomic E-state index is -0.519. The summed E-state index contributed by atoms with van der Waals surface area (Å²) in [7, 11) is 1.39. The molecule has 1 unspecified atom stereocenters. The number of anilines is 2. The Bertz CT molecular complexity index is 1470. The number of likely N-dealkylation sites (tertiary alicyclic amines) is 1. The molecule has 2 aromatic heterocycles. The van der Waals surface area contributed by atoms with Gasteiger partial charge in [-0.2, -0.15) is 0 Å². The molecular formula is C29H28FN5O3. The van der Waals surface area contributed by atoms with Gasteiger partial charge in [-0.1, -0.05) is 24.5 Å². The smallest absolute Gasteiger partial charge is 0.255 e. The molecule has 1 saturated heterocycles. The highest BCUT2D eigenvalue weighted by molar-refractivity contribution is 6.06. The zero-order chi connectivity index (χ0) is 26.6. The van der Waals surface area contributed by atoms with Crippen molar-refractivity contribution < 1.29 is 18.7 Å². The first-order valence-electron chi connectivity index (χ1n) is 12.5. The lowest BCUT2D eigenvalue weighted by Gasteiger charge is -2.31. The standard InChI is InChI=1S/C29H28FN5O3/c1-3-24(36)35-16-5-4-7-19(35)11-10-18-17-31-14-12-20(18)26-27(25-22(33-26)13-15-32-29(25)37)34-23-9-6-8-21(30)28(23)38-2/h3,6,8-9,12,14,17,19,33-34H,1,4-5,7,13,15-16H2,2H3,(H,32,37). The molecule has 0 radical (unpaired) electrons. The van der Waals surface area contributed by atoms with Gasteiger partial charge >= 0.3 is 0 Å². The van der Waals surface area contributed by atoms with E-state index in [1.807, 2.05) is 6.07 Å². The lowest BCUT2D eigenvalue weighted by molar-refractivity contribution is -0.128. The molecule has 9 heteroatoms. The third-order valence-electron chi connectivity index (χ3n) is 6.82. The molecule has 0 saturated carbocycles. The molecule has 0 bridgehead atoms. The van der Waals surface area contributed by atoms with Crippen LogP contribution < -0.4 is 15.4 Å². The van der Waals surface area contributed by atoms with Crippen LogP contribution in [0.4, 0.5) is 15.8 Å². The Balaban J connectivity index is 1.60. The molecule has 194 valence electrons. The predicted octanol–water partition coefficient (Wildman–Crippen LogP) is 4.17. The van der Waals surface area contributed by atoms with Gasteiger partial charge in [0.05, 0.1) is 41.3 Å². The van der Waals surface area contributed by atoms with E-state index in [9.17, 15) is 14.0 Å². The van der Waals surface area contributed by atoms with Gasteiger partial charge in [0, 0.05) is 43.2 Å². The first-order chi connectivity index (χ1) is 18.5. The predicted molar refractivity (Wildman–Crippen MR) is 143 cm³/mol. The van der Waals surface area contributed by atoms with E-state index in [1.165, 1.54) is 19.3 Å². The molecule has 2 aliphatic rings. The molecule has 0 aliphatic carbocycles. The van der Waals surface area contributed by atoms with Crippen molar-refractivity contribution in [2.24, 2.45) is 0 Å². The number of aromatic amines is 1. The number of benzene rings is 1. The number of halogens is 1. The van der Waals surface area contributed by atoms with E-state index in [2.05, 4.69) is 39.0 Å². The van der Waals surface area contributed by atoms with Crippen molar-refractivity contribution >= 4 is 23.2 Å². The van der Waals surface area contributed by atoms with Crippen LogP contribution in [0.3, 0.4) is 0 Å². The Morgan fingerprint density at radius 3 is 3.03 bits per heavy atom. The van der Waals surface area contributed by atoms with Gasteiger partial charge in [0.2, 0.25) is 5.91 Å². The highest BCUT2D eigenvalue weighted by Crippen LogP contribution is 2.40. The Kier molecular flexibility index (Phi) is 7.13. The maximum atomic E-state index is 14.5. The molecular weight excluding hydrogens is 485 g/mol. The number of hydrogen-bond acceptors (Lipinski definition) is 5. The molecule has 3 aromatic rings. The topological polar surface area (TPSA) is 99.3 Å². The quantitative estimate of drug-likeness (QED) is 0.351. The highest BCUT2D eigenvalue weighted by Gasteiger charge is 2.29. The van der Waals surface area contributed by atoms with E-state index in [1.54, 1.807) is 29.4 Å². The number of piperidine rings is 1. The van der Waals surface area contributed by atoms with Gasteiger partial charge in [0.1, 0.15) is 0 Å². The normalized spacial score (nSPS) is 16.5. The van der Waals surface area contributed by atoms with Gasteiger partial charge in [-0.15, -0.1) is 0 Å². The van der Waals surface area contributed by atoms with E-state index in [-0.39, 0.29) is 23.6 Å². The maximum Gasteiger partial charge on any atom is 0.255 e. The van der Waals surface area contributed by atoms with Crippen molar-refractivity contribution in [3.8, 4) is 28.8 Å². The Labute approximate surface area is 220 Å². The fraction of sp³-hybridized carbons (Fsp3) is 0.276. The number of fused-ring (bicyclic) bond motifs is 1. The summed E-state index contributed by atoms with van der Waals surface area (Å²) in [6, 6.07) is 6.17. The summed E-state index contributed by atoms with van der Waals surface area (Å²) >= 11 is 0. The van der Waals surface area contributed by atoms with Crippen molar-refractivity contribution in [3.63, 3.8) is 0 Å². The second-order valence-electron chi connectivity index (χ2n) is 9.12. The van der Waals surface area contributed by atoms with Gasteiger partial charge in [-0.05, 0) is 43.5 Å². The Morgan fingerprint density at radius 2 is 2.21 bits per heavy atom. The fourth-order valence-corrected chi connectivity index (χ4v) is 4.99. The number of para-hydroxylation sites is 1. The lowest BCUT2D eigenvalue weighted by atomic mass is 10.0. The first kappa shape index (κ1) is 25.1. The summed E-state index contributed by atoms with van der Waals surface area (Å²) < 4.78 is 19.8. The van der Waals surface area contributed by atoms with Crippen LogP contribution in [0.5, 0.6) is 5.75 Å². The summed E-state index contributed by atoms with van der Waals surface area (Å²) in [4.78, 5) is 34.7. The van der Waals surface area contributed by atoms with Crippen LogP contribution in [0.25, 0.3) is 11.3 Å². The van der Waals surface area contributed by atoms with E-state index < -0.39 is 5.82 Å². The largest absolute Gasteiger partial charge is 0.492 e. The second-order valence-corrected chi connectivity index (χ2v) is 9.12. The van der Waals surface area contributed by atoms with Crippen LogP contribution in [-0.4, -0.2) is 52.9 Å². The molecule has 1 fully saturated rings. The third-order valence-corrected chi connectivity index (χ3v) is 6.82. The molecule has 8 nitrogen and oxygen atoms in total. The summed E-state index contributed by atoms with van der Waals surface area (Å²) in [5, 5.41) is 6.13. The molecule has 2 aliphatic heterocycles. The van der Waals surface area contributed by atoms with Crippen molar-refractivity contribution in [1.29, 1.82) is 0 Å². The maximum absolute atomic E-state index is 14.5. The number of amides is 2. The molecule has 38 heavy (non-hydrogen) atoms. The number of nitrogens with zero attached hydrogens (tertiary/aromatic N) is 2. The SMILES string of the molecule is C=CC(=O)N1CCCCC1C#Cc1cnccc1-c1[nH]c2c(c1Nc1cccc(F)c1OC)C(=O)NCC2. The monoisotopic (exact) mass is 513 g/mol. The van der Waals surface area contributed by atoms with Crippen LogP contribution >= 0.6 is 0 Å². The van der Waals surface area contributed by atoms with Gasteiger partial charge in [-0.3, -0.25) is 14.6 Å². The summed E-state index contributed by atoms with van der Waals surface area (Å²) in [6.45, 7) is 4.77. The number of H-pyrrole nitrogens is 1. The third kappa shape index (κ3) is 4.73. The number of methoxy groups -OCH3 is 1. The molecule has 2 amide bonds. The van der Waals surface area contributed by atoms with Crippen LogP contribution in [0.15, 0.2) is 49.3 Å². The molecule has 0 spiro atoms. The van der Waals surface area contributed by atoms with Gasteiger partial charge < -0.3 is 25.3 Å². The number of carbonyl (C=O) groups is 2. The lowest BCUT2D eigenvalue weighted by Crippen LogP contribution is -2.42. The van der Waals surface area contributed by atoms with E-state index in [4.69, 9.17) is 4.74 Å². The molecule has 1 atom stereocenters. The minimum absolute atomic E-state index is 0.0450. The van der Waals surface area contributed by atoms with Crippen molar-refractivity contribution in [3.05, 3.63) is 72.0 Å². The van der Waals surface area contributed by atoms with Crippen LogP contribution in [-0.2, 0) is 11.2 Å². The number of rotatable bonds is 5. The van der Waals surface area contributed by atoms with E-state index in [0.717, 1.165) is 30.5 Å². The number of hydrogen-bond donors (Lipinski definition) is 3. The van der Waals surface area contributed by atoms with E-state index >= 15 is 0 Å². The molecule has 5 rings (SSSR count). The van der Waals surface area contributed by atoms with Crippen LogP contribution in [0.2, 0.25) is 0 Å². The average Bonchev–Trinajstić information content (AvgIpc) is 3.31. The van der Waals surface area contributed by atoms with Crippen molar-refractivity contribution in [2.45, 2.75) is 31.7 Å². The molecule has 1 aromatic carbocycles. The van der Waals surface area contributed by atoms with Crippen molar-refractivity contribution in [2.75, 3.05) is 25.5 Å². The number of ether oxygens (including phenoxy) is 1. The minimum Gasteiger partial charge on any atom is -0.492 e. The first-order valence-corrected chi connectivity index (χ1v) is 12.5. The number of aromatic nitrogens is 2. The fourth-order valence-electron chi connectivity index (χ4n) is 4.99. The molecule has 4 heterocycles. The summed E-state index contributed by atoms with van der Waals surface area (Å²) in [5.41, 5.74) is 4.11. The Hall–Kier alpha value is -4.58. The van der Waals surface area contributed by atoms with Crippen molar-refractivity contribution in [1.82, 2.24) is 20.2 Å². The van der Waals surface area contributed by atoms with Crippen LogP contribution in [0, 0.1) is 17.7 Å². The summed E-state index contributed by atoms with van der Waals surface area (Å²) in [5.74, 6) is 5.66. The highest BCUT2D eigenvalue weighted by atomic mass is 19.1. The number of carbonyl (C=O) groups excluding carboxylic acids is 2. The molecule has 3 N–H and O–H groups in total. The average molecular weight is 514 g/mol. The van der Waals surface area contributed by atoms with Gasteiger partial charge in [-0.25, -0.2) is 4.39 Å². The number of nitrogens with one attached hydrogen (secondary N) is 3. The van der Waals surface area contributed by atoms with Crippen LogP contribution in [0.1, 0.15) is 40.9 Å². The zero-order valence-electron chi connectivity index (χ0n) is 21.1. The van der Waals surface area contributed by atoms with Gasteiger partial charge in [0.25, 0.3) is 5.91 Å².